The van der Waals surface area contributed by atoms with Crippen molar-refractivity contribution in [3.8, 4) is 39.2 Å². The number of nitrogens with zero attached hydrogens (tertiary/aromatic N) is 3. The van der Waals surface area contributed by atoms with Gasteiger partial charge in [0.15, 0.2) is 0 Å². The summed E-state index contributed by atoms with van der Waals surface area (Å²) in [5.74, 6) is 0. The Labute approximate surface area is 189 Å². The number of aromatic nitrogens is 3. The summed E-state index contributed by atoms with van der Waals surface area (Å²) in [5.41, 5.74) is 11.6. The number of rotatable bonds is 1. The second-order valence-electron chi connectivity index (χ2n) is 8.67. The van der Waals surface area contributed by atoms with Gasteiger partial charge in [0.1, 0.15) is 0 Å². The molecule has 2 aliphatic heterocycles. The molecular weight excluding hydrogens is 402 g/mol. The third-order valence-electron chi connectivity index (χ3n) is 7.00. The maximum absolute atomic E-state index is 4.98. The van der Waals surface area contributed by atoms with Gasteiger partial charge < -0.3 is 4.57 Å². The highest BCUT2D eigenvalue weighted by molar-refractivity contribution is 6.16. The van der Waals surface area contributed by atoms with Crippen LogP contribution in [-0.4, -0.2) is 14.5 Å². The highest BCUT2D eigenvalue weighted by Gasteiger charge is 2.24. The second kappa shape index (κ2) is 6.05. The second-order valence-corrected chi connectivity index (χ2v) is 8.67. The van der Waals surface area contributed by atoms with Gasteiger partial charge in [-0.15, -0.1) is 0 Å². The van der Waals surface area contributed by atoms with E-state index in [4.69, 9.17) is 9.97 Å². The van der Waals surface area contributed by atoms with Crippen molar-refractivity contribution in [3.63, 3.8) is 0 Å². The van der Waals surface area contributed by atoms with Crippen molar-refractivity contribution < 1.29 is 0 Å². The molecule has 4 aromatic carbocycles. The molecule has 0 unspecified atom stereocenters. The molecule has 0 spiro atoms. The summed E-state index contributed by atoms with van der Waals surface area (Å²) < 4.78 is 2.30. The largest absolute Gasteiger partial charge is 0.314 e. The molecule has 3 heteroatoms. The van der Waals surface area contributed by atoms with Crippen molar-refractivity contribution >= 4 is 32.7 Å². The lowest BCUT2D eigenvalue weighted by Crippen LogP contribution is -2.01. The van der Waals surface area contributed by atoms with Crippen LogP contribution >= 0.6 is 0 Å². The van der Waals surface area contributed by atoms with Gasteiger partial charge in [0.2, 0.25) is 0 Å². The lowest BCUT2D eigenvalue weighted by atomic mass is 10.0. The quantitative estimate of drug-likeness (QED) is 0.276. The standard InChI is InChI=1S/C30H17N3/c1-2-8-19-18(7-1)21-13-14-27(30-28(21)22(19)15-16-31-30)33-17-24-20-9-3-5-11-25(20)32-29(24)23-10-4-6-12-26(23)33/h1-17H. The monoisotopic (exact) mass is 419 g/mol. The van der Waals surface area contributed by atoms with Gasteiger partial charge in [-0.1, -0.05) is 66.7 Å². The minimum atomic E-state index is 1.03. The molecule has 3 nitrogen and oxygen atoms in total. The van der Waals surface area contributed by atoms with E-state index in [1.54, 1.807) is 0 Å². The molecule has 1 aromatic heterocycles. The van der Waals surface area contributed by atoms with Crippen LogP contribution in [-0.2, 0) is 0 Å². The zero-order valence-corrected chi connectivity index (χ0v) is 17.7. The van der Waals surface area contributed by atoms with Gasteiger partial charge >= 0.3 is 0 Å². The number of para-hydroxylation sites is 2. The summed E-state index contributed by atoms with van der Waals surface area (Å²) >= 11 is 0. The Kier molecular flexibility index (Phi) is 3.14. The zero-order chi connectivity index (χ0) is 21.5. The predicted molar refractivity (Wildman–Crippen MR) is 135 cm³/mol. The Balaban J connectivity index is 1.53. The fraction of sp³-hybridized carbons (Fsp3) is 0. The minimum Gasteiger partial charge on any atom is -0.314 e. The van der Waals surface area contributed by atoms with Crippen molar-refractivity contribution in [2.75, 3.05) is 0 Å². The average Bonchev–Trinajstić information content (AvgIpc) is 3.42. The first-order valence-corrected chi connectivity index (χ1v) is 11.2. The molecule has 0 amide bonds. The highest BCUT2D eigenvalue weighted by atomic mass is 15.0. The van der Waals surface area contributed by atoms with Crippen LogP contribution < -0.4 is 0 Å². The number of hydrogen-bond donors (Lipinski definition) is 0. The number of pyridine rings is 2. The lowest BCUT2D eigenvalue weighted by molar-refractivity contribution is 1.11. The Morgan fingerprint density at radius 3 is 2.18 bits per heavy atom. The van der Waals surface area contributed by atoms with E-state index in [0.717, 1.165) is 38.9 Å². The van der Waals surface area contributed by atoms with Crippen LogP contribution in [0.3, 0.4) is 0 Å². The number of fused-ring (bicyclic) bond motifs is 8. The molecule has 0 radical (unpaired) electrons. The Morgan fingerprint density at radius 1 is 0.576 bits per heavy atom. The molecule has 152 valence electrons. The van der Waals surface area contributed by atoms with Crippen LogP contribution in [0.1, 0.15) is 0 Å². The zero-order valence-electron chi connectivity index (χ0n) is 17.7. The van der Waals surface area contributed by atoms with Crippen LogP contribution in [0.4, 0.5) is 0 Å². The summed E-state index contributed by atoms with van der Waals surface area (Å²) in [4.78, 5) is 9.88. The van der Waals surface area contributed by atoms with Crippen LogP contribution in [0.15, 0.2) is 103 Å². The maximum Gasteiger partial charge on any atom is 0.0954 e. The van der Waals surface area contributed by atoms with Gasteiger partial charge in [-0.05, 0) is 46.5 Å². The number of hydrogen-bond acceptors (Lipinski definition) is 2. The van der Waals surface area contributed by atoms with E-state index in [0.29, 0.717) is 0 Å². The molecule has 33 heavy (non-hydrogen) atoms. The van der Waals surface area contributed by atoms with Gasteiger partial charge in [-0.2, -0.15) is 0 Å². The first kappa shape index (κ1) is 17.1. The smallest absolute Gasteiger partial charge is 0.0954 e. The molecule has 0 atom stereocenters. The highest BCUT2D eigenvalue weighted by Crippen LogP contribution is 2.48. The van der Waals surface area contributed by atoms with E-state index in [1.165, 1.54) is 33.0 Å². The first-order valence-electron chi connectivity index (χ1n) is 11.2. The van der Waals surface area contributed by atoms with E-state index in [9.17, 15) is 0 Å². The summed E-state index contributed by atoms with van der Waals surface area (Å²) in [5, 5.41) is 3.56. The van der Waals surface area contributed by atoms with Crippen molar-refractivity contribution in [1.29, 1.82) is 0 Å². The summed E-state index contributed by atoms with van der Waals surface area (Å²) in [7, 11) is 0. The van der Waals surface area contributed by atoms with Crippen LogP contribution in [0.5, 0.6) is 0 Å². The van der Waals surface area contributed by atoms with Crippen LogP contribution in [0.25, 0.3) is 71.9 Å². The summed E-state index contributed by atoms with van der Waals surface area (Å²) in [6.45, 7) is 0. The van der Waals surface area contributed by atoms with Crippen molar-refractivity contribution in [3.05, 3.63) is 103 Å². The van der Waals surface area contributed by atoms with Crippen molar-refractivity contribution in [2.45, 2.75) is 0 Å². The fourth-order valence-corrected chi connectivity index (χ4v) is 5.57. The molecule has 0 saturated heterocycles. The Bertz CT molecular complexity index is 1850. The van der Waals surface area contributed by atoms with E-state index in [-0.39, 0.29) is 0 Å². The van der Waals surface area contributed by atoms with Crippen LogP contribution in [0.2, 0.25) is 0 Å². The molecular formula is C30H17N3. The van der Waals surface area contributed by atoms with Gasteiger partial charge in [-0.3, -0.25) is 4.98 Å². The van der Waals surface area contributed by atoms with E-state index >= 15 is 0 Å². The normalized spacial score (nSPS) is 12.2. The SMILES string of the molecule is c1ccc2c(c1)-c1ccnc3c(-n4cc5c6ccccc6nc-5c5ccccc54)ccc-2c13. The first-order chi connectivity index (χ1) is 16.4. The van der Waals surface area contributed by atoms with E-state index in [1.807, 2.05) is 6.20 Å². The topological polar surface area (TPSA) is 30.7 Å². The fourth-order valence-electron chi connectivity index (χ4n) is 5.57. The summed E-state index contributed by atoms with van der Waals surface area (Å²) in [6, 6.07) is 32.2. The molecule has 0 fully saturated rings. The van der Waals surface area contributed by atoms with Crippen molar-refractivity contribution in [2.24, 2.45) is 0 Å². The maximum atomic E-state index is 4.98. The molecule has 5 aromatic rings. The van der Waals surface area contributed by atoms with Gasteiger partial charge in [-0.25, -0.2) is 4.98 Å². The minimum absolute atomic E-state index is 1.03. The van der Waals surface area contributed by atoms with Gasteiger partial charge in [0.05, 0.1) is 27.9 Å². The molecule has 0 bridgehead atoms. The Hall–Kier alpha value is -4.50. The number of benzene rings is 4. The molecule has 3 aliphatic rings. The molecule has 3 heterocycles. The average molecular weight is 419 g/mol. The third-order valence-corrected chi connectivity index (χ3v) is 7.00. The van der Waals surface area contributed by atoms with E-state index in [2.05, 4.69) is 102 Å². The molecule has 0 N–H and O–H groups in total. The van der Waals surface area contributed by atoms with Gasteiger partial charge in [0.25, 0.3) is 0 Å². The van der Waals surface area contributed by atoms with Gasteiger partial charge in [0, 0.05) is 34.1 Å². The lowest BCUT2D eigenvalue weighted by Gasteiger charge is -2.17. The van der Waals surface area contributed by atoms with E-state index < -0.39 is 0 Å². The predicted octanol–water partition coefficient (Wildman–Crippen LogP) is 7.48. The van der Waals surface area contributed by atoms with Crippen LogP contribution in [0, 0.1) is 0 Å². The Morgan fingerprint density at radius 2 is 1.30 bits per heavy atom. The van der Waals surface area contributed by atoms with Crippen molar-refractivity contribution in [1.82, 2.24) is 14.5 Å². The summed E-state index contributed by atoms with van der Waals surface area (Å²) in [6.07, 6.45) is 4.18. The molecule has 8 rings (SSSR count). The molecule has 1 aliphatic carbocycles. The molecule has 0 saturated carbocycles. The third kappa shape index (κ3) is 2.14.